The summed E-state index contributed by atoms with van der Waals surface area (Å²) in [6.07, 6.45) is 0. The van der Waals surface area contributed by atoms with Crippen LogP contribution in [0.3, 0.4) is 0 Å². The Kier molecular flexibility index (Phi) is 2.13. The highest BCUT2D eigenvalue weighted by atomic mass is 14.7. The molecule has 0 fully saturated rings. The molecule has 0 aromatic heterocycles. The maximum absolute atomic E-state index is 5.41. The quantitative estimate of drug-likeness (QED) is 0.491. The molecule has 2 heteroatoms. The third-order valence-electron chi connectivity index (χ3n) is 0.885. The Morgan fingerprint density at radius 1 is 1.25 bits per heavy atom. The molecular weight excluding hydrogens is 100 g/mol. The lowest BCUT2D eigenvalue weighted by atomic mass is 10.2. The van der Waals surface area contributed by atoms with Gasteiger partial charge in [0.15, 0.2) is 0 Å². The first-order valence-corrected chi connectivity index (χ1v) is 2.43. The van der Waals surface area contributed by atoms with Crippen LogP contribution in [0, 0.1) is 0 Å². The van der Waals surface area contributed by atoms with Crippen molar-refractivity contribution in [3.63, 3.8) is 0 Å². The van der Waals surface area contributed by atoms with Gasteiger partial charge in [-0.15, -0.1) is 0 Å². The van der Waals surface area contributed by atoms with Gasteiger partial charge in [0.2, 0.25) is 0 Å². The minimum absolute atomic E-state index is 0.449. The second-order valence-corrected chi connectivity index (χ2v) is 1.94. The summed E-state index contributed by atoms with van der Waals surface area (Å²) in [6.45, 7) is 7.26. The first kappa shape index (κ1) is 7.08. The molecule has 0 aromatic carbocycles. The highest BCUT2D eigenvalue weighted by Crippen LogP contribution is 1.99. The van der Waals surface area contributed by atoms with Crippen LogP contribution in [0.1, 0.15) is 13.8 Å². The lowest BCUT2D eigenvalue weighted by molar-refractivity contribution is 1.17. The predicted octanol–water partition coefficient (Wildman–Crippen LogP) is 0.711. The van der Waals surface area contributed by atoms with Gasteiger partial charge in [-0.25, -0.2) is 0 Å². The molecule has 0 aliphatic heterocycles. The van der Waals surface area contributed by atoms with Crippen LogP contribution in [0.2, 0.25) is 0 Å². The standard InChI is InChI=1S/C6H12N2/c1-4(2)6(8)5(3)7/h3,7-8H2,1-2H3. The zero-order valence-corrected chi connectivity index (χ0v) is 5.36. The Hall–Kier alpha value is -0.920. The monoisotopic (exact) mass is 112 g/mol. The van der Waals surface area contributed by atoms with Crippen molar-refractivity contribution in [2.24, 2.45) is 11.5 Å². The summed E-state index contributed by atoms with van der Waals surface area (Å²) in [5.41, 5.74) is 12.7. The zero-order valence-electron chi connectivity index (χ0n) is 5.36. The van der Waals surface area contributed by atoms with E-state index < -0.39 is 0 Å². The van der Waals surface area contributed by atoms with E-state index in [1.54, 1.807) is 0 Å². The van der Waals surface area contributed by atoms with E-state index in [1.807, 2.05) is 13.8 Å². The van der Waals surface area contributed by atoms with Crippen LogP contribution in [-0.4, -0.2) is 0 Å². The van der Waals surface area contributed by atoms with Crippen LogP contribution >= 0.6 is 0 Å². The fraction of sp³-hybridized carbons (Fsp3) is 0.333. The largest absolute Gasteiger partial charge is 0.398 e. The summed E-state index contributed by atoms with van der Waals surface area (Å²) in [5.74, 6) is 0. The molecule has 0 amide bonds. The average molecular weight is 112 g/mol. The molecule has 0 aliphatic carbocycles. The second kappa shape index (κ2) is 2.40. The lowest BCUT2D eigenvalue weighted by Gasteiger charge is -1.99. The van der Waals surface area contributed by atoms with Crippen LogP contribution in [-0.2, 0) is 0 Å². The van der Waals surface area contributed by atoms with Crippen LogP contribution in [0.5, 0.6) is 0 Å². The lowest BCUT2D eigenvalue weighted by Crippen LogP contribution is -2.08. The van der Waals surface area contributed by atoms with Crippen molar-refractivity contribution >= 4 is 0 Å². The molecule has 0 rings (SSSR count). The molecule has 0 unspecified atom stereocenters. The minimum Gasteiger partial charge on any atom is -0.398 e. The molecule has 2 nitrogen and oxygen atoms in total. The van der Waals surface area contributed by atoms with Gasteiger partial charge in [-0.05, 0) is 13.8 Å². The molecule has 0 aliphatic rings. The van der Waals surface area contributed by atoms with Gasteiger partial charge in [-0.1, -0.05) is 12.2 Å². The first-order chi connectivity index (χ1) is 3.55. The topological polar surface area (TPSA) is 52.0 Å². The Labute approximate surface area is 49.9 Å². The predicted molar refractivity (Wildman–Crippen MR) is 35.9 cm³/mol. The fourth-order valence-electron chi connectivity index (χ4n) is 0.321. The van der Waals surface area contributed by atoms with Crippen molar-refractivity contribution in [1.82, 2.24) is 0 Å². The number of hydrogen-bond donors (Lipinski definition) is 2. The molecule has 46 valence electrons. The van der Waals surface area contributed by atoms with Crippen molar-refractivity contribution in [2.45, 2.75) is 13.8 Å². The van der Waals surface area contributed by atoms with Gasteiger partial charge in [-0.2, -0.15) is 0 Å². The maximum atomic E-state index is 5.41. The van der Waals surface area contributed by atoms with Gasteiger partial charge in [0.05, 0.1) is 5.70 Å². The summed E-state index contributed by atoms with van der Waals surface area (Å²) >= 11 is 0. The summed E-state index contributed by atoms with van der Waals surface area (Å²) in [4.78, 5) is 0. The van der Waals surface area contributed by atoms with Gasteiger partial charge in [0, 0.05) is 5.70 Å². The third-order valence-corrected chi connectivity index (χ3v) is 0.885. The minimum atomic E-state index is 0.449. The number of allylic oxidation sites excluding steroid dienone is 1. The number of rotatable bonds is 1. The van der Waals surface area contributed by atoms with E-state index in [-0.39, 0.29) is 0 Å². The first-order valence-electron chi connectivity index (χ1n) is 2.43. The van der Waals surface area contributed by atoms with Gasteiger partial charge in [0.1, 0.15) is 0 Å². The van der Waals surface area contributed by atoms with E-state index in [4.69, 9.17) is 11.5 Å². The number of nitrogens with two attached hydrogens (primary N) is 2. The van der Waals surface area contributed by atoms with Crippen molar-refractivity contribution in [3.8, 4) is 0 Å². The summed E-state index contributed by atoms with van der Waals surface area (Å²) in [6, 6.07) is 0. The van der Waals surface area contributed by atoms with Crippen molar-refractivity contribution in [1.29, 1.82) is 0 Å². The van der Waals surface area contributed by atoms with E-state index in [1.165, 1.54) is 0 Å². The summed E-state index contributed by atoms with van der Waals surface area (Å²) < 4.78 is 0. The Morgan fingerprint density at radius 2 is 1.62 bits per heavy atom. The third kappa shape index (κ3) is 1.69. The van der Waals surface area contributed by atoms with E-state index in [0.29, 0.717) is 11.4 Å². The van der Waals surface area contributed by atoms with E-state index in [0.717, 1.165) is 5.57 Å². The van der Waals surface area contributed by atoms with Crippen LogP contribution in [0.15, 0.2) is 23.5 Å². The molecule has 0 heterocycles. The summed E-state index contributed by atoms with van der Waals surface area (Å²) in [7, 11) is 0. The molecule has 0 aromatic rings. The average Bonchev–Trinajstić information content (AvgIpc) is 1.64. The van der Waals surface area contributed by atoms with Gasteiger partial charge in [0.25, 0.3) is 0 Å². The van der Waals surface area contributed by atoms with Crippen LogP contribution < -0.4 is 11.5 Å². The van der Waals surface area contributed by atoms with E-state index >= 15 is 0 Å². The van der Waals surface area contributed by atoms with E-state index in [9.17, 15) is 0 Å². The Balaban J connectivity index is 4.23. The second-order valence-electron chi connectivity index (χ2n) is 1.94. The van der Waals surface area contributed by atoms with Gasteiger partial charge < -0.3 is 11.5 Å². The normalized spacial score (nSPS) is 8.25. The molecular formula is C6H12N2. The number of hydrogen-bond acceptors (Lipinski definition) is 2. The molecule has 0 spiro atoms. The van der Waals surface area contributed by atoms with Crippen molar-refractivity contribution in [2.75, 3.05) is 0 Å². The molecule has 0 saturated carbocycles. The zero-order chi connectivity index (χ0) is 6.73. The molecule has 8 heavy (non-hydrogen) atoms. The molecule has 0 bridgehead atoms. The van der Waals surface area contributed by atoms with Crippen molar-refractivity contribution < 1.29 is 0 Å². The fourth-order valence-corrected chi connectivity index (χ4v) is 0.321. The van der Waals surface area contributed by atoms with Gasteiger partial charge in [-0.3, -0.25) is 0 Å². The smallest absolute Gasteiger partial charge is 0.0527 e. The van der Waals surface area contributed by atoms with Crippen LogP contribution in [0.25, 0.3) is 0 Å². The highest BCUT2D eigenvalue weighted by molar-refractivity contribution is 5.25. The molecule has 4 N–H and O–H groups in total. The van der Waals surface area contributed by atoms with Crippen LogP contribution in [0.4, 0.5) is 0 Å². The SMILES string of the molecule is C=C(N)C(N)=C(C)C. The van der Waals surface area contributed by atoms with Gasteiger partial charge >= 0.3 is 0 Å². The highest BCUT2D eigenvalue weighted by Gasteiger charge is 1.90. The molecule has 0 atom stereocenters. The molecule has 0 saturated heterocycles. The summed E-state index contributed by atoms with van der Waals surface area (Å²) in [5, 5.41) is 0. The van der Waals surface area contributed by atoms with E-state index in [2.05, 4.69) is 6.58 Å². The Bertz CT molecular complexity index is 129. The maximum Gasteiger partial charge on any atom is 0.0527 e. The Morgan fingerprint density at radius 3 is 1.62 bits per heavy atom. The van der Waals surface area contributed by atoms with Crippen molar-refractivity contribution in [3.05, 3.63) is 23.5 Å². The molecule has 0 radical (unpaired) electrons.